The first kappa shape index (κ1) is 15.3. The fraction of sp³-hybridized carbons (Fsp3) is 0.0556. The highest BCUT2D eigenvalue weighted by Crippen LogP contribution is 2.27. The molecule has 3 rings (SSSR count). The van der Waals surface area contributed by atoms with Crippen LogP contribution in [0.5, 0.6) is 0 Å². The van der Waals surface area contributed by atoms with E-state index in [-0.39, 0.29) is 5.02 Å². The summed E-state index contributed by atoms with van der Waals surface area (Å²) in [4.78, 5) is 6.16. The van der Waals surface area contributed by atoms with Gasteiger partial charge in [-0.05, 0) is 29.7 Å². The molecule has 116 valence electrons. The van der Waals surface area contributed by atoms with E-state index < -0.39 is 5.82 Å². The second kappa shape index (κ2) is 6.26. The molecule has 0 bridgehead atoms. The van der Waals surface area contributed by atoms with E-state index in [1.54, 1.807) is 18.0 Å². The average Bonchev–Trinajstić information content (AvgIpc) is 2.57. The Kier molecular flexibility index (Phi) is 4.17. The third-order valence-corrected chi connectivity index (χ3v) is 3.93. The van der Waals surface area contributed by atoms with Crippen molar-refractivity contribution < 1.29 is 4.39 Å². The maximum Gasteiger partial charge on any atom is 0.200 e. The largest absolute Gasteiger partial charge is 0.369 e. The van der Waals surface area contributed by atoms with E-state index in [2.05, 4.69) is 4.99 Å². The van der Waals surface area contributed by atoms with Gasteiger partial charge in [-0.15, -0.1) is 0 Å². The molecule has 0 fully saturated rings. The maximum atomic E-state index is 13.3. The van der Waals surface area contributed by atoms with E-state index in [0.717, 1.165) is 16.5 Å². The molecule has 3 aromatic rings. The number of aliphatic imine (C=N–C) groups is 1. The first-order chi connectivity index (χ1) is 11.1. The number of guanidine groups is 1. The molecule has 0 amide bonds. The van der Waals surface area contributed by atoms with Gasteiger partial charge in [0, 0.05) is 18.1 Å². The zero-order valence-electron chi connectivity index (χ0n) is 12.5. The molecule has 0 heterocycles. The summed E-state index contributed by atoms with van der Waals surface area (Å²) in [7, 11) is 1.76. The predicted octanol–water partition coefficient (Wildman–Crippen LogP) is 4.71. The van der Waals surface area contributed by atoms with Crippen LogP contribution in [0.15, 0.2) is 65.7 Å². The average molecular weight is 328 g/mol. The second-order valence-corrected chi connectivity index (χ2v) is 5.53. The third kappa shape index (κ3) is 3.12. The first-order valence-corrected chi connectivity index (χ1v) is 7.45. The Balaban J connectivity index is 1.99. The highest BCUT2D eigenvalue weighted by molar-refractivity contribution is 6.31. The van der Waals surface area contributed by atoms with Crippen molar-refractivity contribution in [3.05, 3.63) is 71.5 Å². The minimum absolute atomic E-state index is 0.0484. The van der Waals surface area contributed by atoms with E-state index in [1.807, 2.05) is 42.5 Å². The minimum atomic E-state index is -0.464. The van der Waals surface area contributed by atoms with Crippen molar-refractivity contribution in [2.75, 3.05) is 11.9 Å². The zero-order valence-corrected chi connectivity index (χ0v) is 13.3. The number of rotatable bonds is 2. The van der Waals surface area contributed by atoms with E-state index in [0.29, 0.717) is 11.6 Å². The van der Waals surface area contributed by atoms with Crippen molar-refractivity contribution in [3.8, 4) is 0 Å². The molecule has 0 saturated carbocycles. The van der Waals surface area contributed by atoms with Gasteiger partial charge in [0.25, 0.3) is 0 Å². The van der Waals surface area contributed by atoms with Crippen LogP contribution in [0.2, 0.25) is 5.02 Å². The van der Waals surface area contributed by atoms with E-state index in [9.17, 15) is 4.39 Å². The Morgan fingerprint density at radius 1 is 1.09 bits per heavy atom. The summed E-state index contributed by atoms with van der Waals surface area (Å²) in [5.74, 6) is -0.169. The number of fused-ring (bicyclic) bond motifs is 1. The van der Waals surface area contributed by atoms with Gasteiger partial charge in [-0.2, -0.15) is 0 Å². The quantitative estimate of drug-likeness (QED) is 0.547. The van der Waals surface area contributed by atoms with Crippen molar-refractivity contribution in [2.24, 2.45) is 10.7 Å². The number of benzene rings is 3. The maximum absolute atomic E-state index is 13.3. The number of hydrogen-bond acceptors (Lipinski definition) is 1. The monoisotopic (exact) mass is 327 g/mol. The van der Waals surface area contributed by atoms with Gasteiger partial charge in [-0.1, -0.05) is 48.0 Å². The highest BCUT2D eigenvalue weighted by Gasteiger charge is 2.09. The summed E-state index contributed by atoms with van der Waals surface area (Å²) < 4.78 is 13.3. The number of nitrogens with two attached hydrogens (primary N) is 1. The minimum Gasteiger partial charge on any atom is -0.369 e. The topological polar surface area (TPSA) is 41.6 Å². The lowest BCUT2D eigenvalue weighted by Crippen LogP contribution is -2.33. The van der Waals surface area contributed by atoms with Crippen LogP contribution in [0.1, 0.15) is 0 Å². The lowest BCUT2D eigenvalue weighted by atomic mass is 10.1. The van der Waals surface area contributed by atoms with E-state index in [1.165, 1.54) is 12.1 Å². The molecule has 0 atom stereocenters. The predicted molar refractivity (Wildman–Crippen MR) is 95.0 cm³/mol. The van der Waals surface area contributed by atoms with Gasteiger partial charge in [0.1, 0.15) is 5.82 Å². The van der Waals surface area contributed by atoms with Gasteiger partial charge < -0.3 is 10.6 Å². The van der Waals surface area contributed by atoms with Crippen molar-refractivity contribution in [1.82, 2.24) is 0 Å². The number of nitrogens with zero attached hydrogens (tertiary/aromatic N) is 2. The van der Waals surface area contributed by atoms with Crippen LogP contribution in [0.4, 0.5) is 15.8 Å². The number of hydrogen-bond donors (Lipinski definition) is 1. The second-order valence-electron chi connectivity index (χ2n) is 5.13. The molecule has 3 nitrogen and oxygen atoms in total. The molecule has 3 aromatic carbocycles. The molecule has 0 aliphatic heterocycles. The lowest BCUT2D eigenvalue weighted by Gasteiger charge is -2.18. The first-order valence-electron chi connectivity index (χ1n) is 7.07. The molecule has 23 heavy (non-hydrogen) atoms. The highest BCUT2D eigenvalue weighted by atomic mass is 35.5. The molecule has 0 radical (unpaired) electrons. The summed E-state index contributed by atoms with van der Waals surface area (Å²) in [6.07, 6.45) is 0. The standard InChI is InChI=1S/C18H15ClFN3/c1-23(13-9-10-16(20)15(19)11-13)18(21)22-17-8-4-6-12-5-2-3-7-14(12)17/h2-11H,1H3,(H2,21,22). The summed E-state index contributed by atoms with van der Waals surface area (Å²) in [5.41, 5.74) is 7.54. The molecular weight excluding hydrogens is 313 g/mol. The van der Waals surface area contributed by atoms with Crippen molar-refractivity contribution in [1.29, 1.82) is 0 Å². The summed E-state index contributed by atoms with van der Waals surface area (Å²) >= 11 is 5.82. The van der Waals surface area contributed by atoms with Gasteiger partial charge in [0.05, 0.1) is 10.7 Å². The Morgan fingerprint density at radius 2 is 1.83 bits per heavy atom. The molecular formula is C18H15ClFN3. The Labute approximate surface area is 138 Å². The smallest absolute Gasteiger partial charge is 0.200 e. The van der Waals surface area contributed by atoms with Crippen LogP contribution in [-0.4, -0.2) is 13.0 Å². The van der Waals surface area contributed by atoms with Crippen LogP contribution in [-0.2, 0) is 0 Å². The van der Waals surface area contributed by atoms with Gasteiger partial charge >= 0.3 is 0 Å². The van der Waals surface area contributed by atoms with Gasteiger partial charge in [0.15, 0.2) is 0 Å². The molecule has 0 spiro atoms. The Hall–Kier alpha value is -2.59. The summed E-state index contributed by atoms with van der Waals surface area (Å²) in [6, 6.07) is 18.2. The fourth-order valence-electron chi connectivity index (χ4n) is 2.33. The molecule has 0 unspecified atom stereocenters. The van der Waals surface area contributed by atoms with Crippen molar-refractivity contribution in [3.63, 3.8) is 0 Å². The normalized spacial score (nSPS) is 11.7. The van der Waals surface area contributed by atoms with Gasteiger partial charge in [-0.25, -0.2) is 9.38 Å². The molecule has 0 saturated heterocycles. The van der Waals surface area contributed by atoms with Crippen molar-refractivity contribution >= 4 is 39.7 Å². The van der Waals surface area contributed by atoms with Crippen molar-refractivity contribution in [2.45, 2.75) is 0 Å². The lowest BCUT2D eigenvalue weighted by molar-refractivity contribution is 0.628. The van der Waals surface area contributed by atoms with Crippen LogP contribution in [0.25, 0.3) is 10.8 Å². The fourth-order valence-corrected chi connectivity index (χ4v) is 2.50. The van der Waals surface area contributed by atoms with Crippen LogP contribution in [0.3, 0.4) is 0 Å². The summed E-state index contributed by atoms with van der Waals surface area (Å²) in [6.45, 7) is 0. The zero-order chi connectivity index (χ0) is 16.4. The molecule has 2 N–H and O–H groups in total. The SMILES string of the molecule is CN(C(N)=Nc1cccc2ccccc12)c1ccc(F)c(Cl)c1. The summed E-state index contributed by atoms with van der Waals surface area (Å²) in [5, 5.41) is 2.16. The molecule has 0 aliphatic carbocycles. The van der Waals surface area contributed by atoms with Gasteiger partial charge in [0.2, 0.25) is 5.96 Å². The van der Waals surface area contributed by atoms with E-state index in [4.69, 9.17) is 17.3 Å². The molecule has 0 aliphatic rings. The van der Waals surface area contributed by atoms with Crippen LogP contribution < -0.4 is 10.6 Å². The Morgan fingerprint density at radius 3 is 2.61 bits per heavy atom. The van der Waals surface area contributed by atoms with Crippen LogP contribution in [0, 0.1) is 5.82 Å². The van der Waals surface area contributed by atoms with Crippen LogP contribution >= 0.6 is 11.6 Å². The molecule has 0 aromatic heterocycles. The number of halogens is 2. The third-order valence-electron chi connectivity index (χ3n) is 3.64. The Bertz CT molecular complexity index is 887. The van der Waals surface area contributed by atoms with Gasteiger partial charge in [-0.3, -0.25) is 0 Å². The molecule has 5 heteroatoms. The number of anilines is 1. The van der Waals surface area contributed by atoms with E-state index >= 15 is 0 Å².